The van der Waals surface area contributed by atoms with Crippen molar-refractivity contribution in [2.45, 2.75) is 19.8 Å². The number of hydrogen-bond acceptors (Lipinski definition) is 4. The Morgan fingerprint density at radius 1 is 1.33 bits per heavy atom. The molecule has 0 aliphatic carbocycles. The minimum Gasteiger partial charge on any atom is -0.382 e. The number of hydrogen-bond donors (Lipinski definition) is 1. The topological polar surface area (TPSA) is 41.0 Å². The van der Waals surface area contributed by atoms with Crippen LogP contribution in [0.25, 0.3) is 0 Å². The average Bonchev–Trinajstić information content (AvgIpc) is 2.35. The maximum absolute atomic E-state index is 5.98. The second-order valence-corrected chi connectivity index (χ2v) is 6.08. The van der Waals surface area contributed by atoms with E-state index in [4.69, 9.17) is 23.2 Å². The first-order valence-corrected chi connectivity index (χ1v) is 6.85. The third kappa shape index (κ3) is 3.46. The fraction of sp³-hybridized carbons (Fsp3) is 0.667. The van der Waals surface area contributed by atoms with Crippen molar-refractivity contribution in [2.75, 3.05) is 32.0 Å². The monoisotopic (exact) mass is 288 g/mol. The summed E-state index contributed by atoms with van der Waals surface area (Å²) in [6.07, 6.45) is 2.36. The first-order valence-electron chi connectivity index (χ1n) is 6.10. The number of rotatable bonds is 3. The fourth-order valence-electron chi connectivity index (χ4n) is 2.12. The largest absolute Gasteiger partial charge is 0.382 e. The van der Waals surface area contributed by atoms with Crippen LogP contribution in [0.15, 0.2) is 6.07 Å². The zero-order valence-corrected chi connectivity index (χ0v) is 12.2. The molecule has 100 valence electrons. The molecule has 0 amide bonds. The Labute approximate surface area is 118 Å². The van der Waals surface area contributed by atoms with Gasteiger partial charge >= 0.3 is 0 Å². The second kappa shape index (κ2) is 5.59. The molecule has 0 spiro atoms. The van der Waals surface area contributed by atoms with Crippen molar-refractivity contribution in [1.82, 2.24) is 15.1 Å². The van der Waals surface area contributed by atoms with Crippen LogP contribution in [0.4, 0.5) is 5.69 Å². The lowest BCUT2D eigenvalue weighted by Crippen LogP contribution is -2.40. The van der Waals surface area contributed by atoms with Gasteiger partial charge in [-0.2, -0.15) is 0 Å². The molecule has 4 nitrogen and oxygen atoms in total. The van der Waals surface area contributed by atoms with Crippen LogP contribution in [0, 0.1) is 5.41 Å². The van der Waals surface area contributed by atoms with E-state index in [1.54, 1.807) is 6.07 Å². The molecule has 1 aliphatic rings. The molecule has 1 saturated heterocycles. The van der Waals surface area contributed by atoms with Crippen molar-refractivity contribution in [3.8, 4) is 0 Å². The highest BCUT2D eigenvalue weighted by molar-refractivity contribution is 6.33. The minimum atomic E-state index is 0.297. The van der Waals surface area contributed by atoms with Crippen molar-refractivity contribution < 1.29 is 0 Å². The van der Waals surface area contributed by atoms with E-state index in [2.05, 4.69) is 34.4 Å². The van der Waals surface area contributed by atoms with Gasteiger partial charge < -0.3 is 10.2 Å². The van der Waals surface area contributed by atoms with E-state index < -0.39 is 0 Å². The molecule has 0 atom stereocenters. The summed E-state index contributed by atoms with van der Waals surface area (Å²) in [6.45, 7) is 5.46. The van der Waals surface area contributed by atoms with Crippen LogP contribution in [0.3, 0.4) is 0 Å². The van der Waals surface area contributed by atoms with E-state index in [-0.39, 0.29) is 0 Å². The molecule has 1 aromatic heterocycles. The molecule has 18 heavy (non-hydrogen) atoms. The van der Waals surface area contributed by atoms with Gasteiger partial charge in [0.1, 0.15) is 0 Å². The quantitative estimate of drug-likeness (QED) is 0.929. The van der Waals surface area contributed by atoms with Crippen LogP contribution in [-0.4, -0.2) is 41.8 Å². The Kier molecular flexibility index (Phi) is 4.30. The zero-order valence-electron chi connectivity index (χ0n) is 10.7. The van der Waals surface area contributed by atoms with Crippen LogP contribution in [0.2, 0.25) is 10.3 Å². The van der Waals surface area contributed by atoms with Crippen LogP contribution >= 0.6 is 23.2 Å². The highest BCUT2D eigenvalue weighted by Crippen LogP contribution is 2.31. The van der Waals surface area contributed by atoms with Gasteiger partial charge in [0, 0.05) is 12.6 Å². The molecule has 6 heteroatoms. The maximum atomic E-state index is 5.98. The average molecular weight is 289 g/mol. The van der Waals surface area contributed by atoms with E-state index in [1.807, 2.05) is 0 Å². The highest BCUT2D eigenvalue weighted by atomic mass is 35.5. The summed E-state index contributed by atoms with van der Waals surface area (Å²) < 4.78 is 0. The SMILES string of the molecule is CN1CCC(C)(CNc2cc(Cl)nnc2Cl)CC1. The van der Waals surface area contributed by atoms with Crippen molar-refractivity contribution in [3.63, 3.8) is 0 Å². The number of piperidine rings is 1. The van der Waals surface area contributed by atoms with Crippen molar-refractivity contribution in [1.29, 1.82) is 0 Å². The number of nitrogens with one attached hydrogen (secondary N) is 1. The molecule has 1 fully saturated rings. The molecule has 2 heterocycles. The van der Waals surface area contributed by atoms with Crippen molar-refractivity contribution in [3.05, 3.63) is 16.4 Å². The van der Waals surface area contributed by atoms with Gasteiger partial charge in [-0.25, -0.2) is 0 Å². The minimum absolute atomic E-state index is 0.297. The molecule has 0 bridgehead atoms. The number of likely N-dealkylation sites (tertiary alicyclic amines) is 1. The van der Waals surface area contributed by atoms with Gasteiger partial charge in [-0.3, -0.25) is 0 Å². The van der Waals surface area contributed by atoms with E-state index in [1.165, 1.54) is 12.8 Å². The first kappa shape index (κ1) is 13.8. The predicted molar refractivity (Wildman–Crippen MR) is 75.4 cm³/mol. The fourth-order valence-corrected chi connectivity index (χ4v) is 2.43. The normalized spacial score (nSPS) is 19.8. The number of halogens is 2. The van der Waals surface area contributed by atoms with E-state index in [0.29, 0.717) is 15.7 Å². The second-order valence-electron chi connectivity index (χ2n) is 5.34. The third-order valence-electron chi connectivity index (χ3n) is 3.62. The van der Waals surface area contributed by atoms with Crippen LogP contribution in [0.1, 0.15) is 19.8 Å². The molecular weight excluding hydrogens is 271 g/mol. The summed E-state index contributed by atoms with van der Waals surface area (Å²) in [6, 6.07) is 1.72. The summed E-state index contributed by atoms with van der Waals surface area (Å²) in [7, 11) is 2.16. The van der Waals surface area contributed by atoms with E-state index in [0.717, 1.165) is 25.3 Å². The van der Waals surface area contributed by atoms with Crippen LogP contribution < -0.4 is 5.32 Å². The summed E-state index contributed by atoms with van der Waals surface area (Å²) >= 11 is 11.8. The Hall–Kier alpha value is -0.580. The van der Waals surface area contributed by atoms with Gasteiger partial charge in [-0.1, -0.05) is 30.1 Å². The Morgan fingerprint density at radius 3 is 2.67 bits per heavy atom. The van der Waals surface area contributed by atoms with Crippen LogP contribution in [0.5, 0.6) is 0 Å². The Balaban J connectivity index is 1.96. The van der Waals surface area contributed by atoms with Gasteiger partial charge in [0.2, 0.25) is 0 Å². The molecule has 1 aliphatic heterocycles. The number of aromatic nitrogens is 2. The van der Waals surface area contributed by atoms with Gasteiger partial charge in [0.05, 0.1) is 5.69 Å². The summed E-state index contributed by atoms with van der Waals surface area (Å²) in [5.41, 5.74) is 1.06. The molecule has 1 N–H and O–H groups in total. The molecule has 0 radical (unpaired) electrons. The first-order chi connectivity index (χ1) is 8.48. The molecule has 0 unspecified atom stereocenters. The summed E-state index contributed by atoms with van der Waals surface area (Å²) in [5.74, 6) is 0. The van der Waals surface area contributed by atoms with E-state index >= 15 is 0 Å². The smallest absolute Gasteiger partial charge is 0.174 e. The summed E-state index contributed by atoms with van der Waals surface area (Å²) in [4.78, 5) is 2.36. The number of nitrogens with zero attached hydrogens (tertiary/aromatic N) is 3. The molecule has 1 aromatic rings. The maximum Gasteiger partial charge on any atom is 0.174 e. The van der Waals surface area contributed by atoms with Crippen LogP contribution in [-0.2, 0) is 0 Å². The Morgan fingerprint density at radius 2 is 2.00 bits per heavy atom. The Bertz CT molecular complexity index is 417. The van der Waals surface area contributed by atoms with Gasteiger partial charge in [-0.05, 0) is 38.4 Å². The van der Waals surface area contributed by atoms with Gasteiger partial charge in [0.15, 0.2) is 10.3 Å². The standard InChI is InChI=1S/C12H18Cl2N4/c1-12(3-5-18(2)6-4-12)8-15-9-7-10(13)16-17-11(9)14/h7H,3-6,8H2,1-2H3,(H,15,16). The van der Waals surface area contributed by atoms with Gasteiger partial charge in [0.25, 0.3) is 0 Å². The zero-order chi connectivity index (χ0) is 13.2. The third-order valence-corrected chi connectivity index (χ3v) is 4.08. The molecule has 0 aromatic carbocycles. The summed E-state index contributed by atoms with van der Waals surface area (Å²) in [5, 5.41) is 11.6. The predicted octanol–water partition coefficient (Wildman–Crippen LogP) is 2.93. The molecule has 2 rings (SSSR count). The van der Waals surface area contributed by atoms with E-state index in [9.17, 15) is 0 Å². The molecule has 0 saturated carbocycles. The number of anilines is 1. The highest BCUT2D eigenvalue weighted by Gasteiger charge is 2.28. The van der Waals surface area contributed by atoms with Gasteiger partial charge in [-0.15, -0.1) is 10.2 Å². The van der Waals surface area contributed by atoms with Crippen molar-refractivity contribution in [2.24, 2.45) is 5.41 Å². The van der Waals surface area contributed by atoms with Crippen molar-refractivity contribution >= 4 is 28.9 Å². The lowest BCUT2D eigenvalue weighted by molar-refractivity contribution is 0.150. The lowest BCUT2D eigenvalue weighted by atomic mass is 9.80. The lowest BCUT2D eigenvalue weighted by Gasteiger charge is -2.38. The molecular formula is C12H18Cl2N4.